The predicted octanol–water partition coefficient (Wildman–Crippen LogP) is 2.86. The maximum absolute atomic E-state index is 10.3. The summed E-state index contributed by atoms with van der Waals surface area (Å²) in [7, 11) is 0. The number of ether oxygens (including phenoxy) is 1. The van der Waals surface area contributed by atoms with Crippen LogP contribution in [0.25, 0.3) is 11.2 Å². The first kappa shape index (κ1) is 18.0. The summed E-state index contributed by atoms with van der Waals surface area (Å²) in [5, 5.41) is 23.6. The highest BCUT2D eigenvalue weighted by Crippen LogP contribution is 2.34. The summed E-state index contributed by atoms with van der Waals surface area (Å²) in [5.74, 6) is 0. The lowest BCUT2D eigenvalue weighted by molar-refractivity contribution is -0.0486. The predicted molar refractivity (Wildman–Crippen MR) is 99.3 cm³/mol. The van der Waals surface area contributed by atoms with Crippen LogP contribution in [0.1, 0.15) is 51.2 Å². The molecule has 0 unspecified atom stereocenters. The molecule has 2 aliphatic rings. The number of aromatic nitrogens is 3. The van der Waals surface area contributed by atoms with Gasteiger partial charge in [-0.1, -0.05) is 37.3 Å². The SMILES string of the molecule is OC[C@@H]1C[C@@H](O)[C@H](n2cnc3c(NC4CCCCCC4)cc(Cl)nc32)O1. The molecule has 0 spiro atoms. The second kappa shape index (κ2) is 7.68. The van der Waals surface area contributed by atoms with Crippen LogP contribution in [0.3, 0.4) is 0 Å². The lowest BCUT2D eigenvalue weighted by Crippen LogP contribution is -2.20. The van der Waals surface area contributed by atoms with Crippen LogP contribution in [0.15, 0.2) is 12.4 Å². The van der Waals surface area contributed by atoms with Gasteiger partial charge in [-0.3, -0.25) is 4.57 Å². The van der Waals surface area contributed by atoms with Crippen molar-refractivity contribution in [2.24, 2.45) is 0 Å². The number of aliphatic hydroxyl groups is 2. The summed E-state index contributed by atoms with van der Waals surface area (Å²) < 4.78 is 7.45. The zero-order chi connectivity index (χ0) is 18.1. The van der Waals surface area contributed by atoms with E-state index in [1.165, 1.54) is 25.7 Å². The van der Waals surface area contributed by atoms with Crippen LogP contribution in [0.4, 0.5) is 5.69 Å². The molecule has 0 aromatic carbocycles. The van der Waals surface area contributed by atoms with E-state index in [1.54, 1.807) is 10.9 Å². The smallest absolute Gasteiger partial charge is 0.165 e. The van der Waals surface area contributed by atoms with Gasteiger partial charge in [0, 0.05) is 18.5 Å². The maximum atomic E-state index is 10.3. The van der Waals surface area contributed by atoms with Gasteiger partial charge in [-0.15, -0.1) is 0 Å². The Morgan fingerprint density at radius 2 is 2.04 bits per heavy atom. The molecule has 2 aromatic rings. The van der Waals surface area contributed by atoms with E-state index in [1.807, 2.05) is 6.07 Å². The Bertz CT molecular complexity index is 760. The van der Waals surface area contributed by atoms with Crippen molar-refractivity contribution in [2.45, 2.75) is 69.4 Å². The van der Waals surface area contributed by atoms with Gasteiger partial charge in [-0.05, 0) is 12.8 Å². The van der Waals surface area contributed by atoms with Crippen molar-refractivity contribution >= 4 is 28.5 Å². The molecule has 7 nitrogen and oxygen atoms in total. The van der Waals surface area contributed by atoms with Crippen molar-refractivity contribution in [2.75, 3.05) is 11.9 Å². The first-order valence-electron chi connectivity index (χ1n) is 9.39. The normalized spacial score (nSPS) is 27.7. The maximum Gasteiger partial charge on any atom is 0.165 e. The van der Waals surface area contributed by atoms with Gasteiger partial charge >= 0.3 is 0 Å². The van der Waals surface area contributed by atoms with Crippen LogP contribution in [0.2, 0.25) is 5.15 Å². The van der Waals surface area contributed by atoms with E-state index in [4.69, 9.17) is 16.3 Å². The fourth-order valence-electron chi connectivity index (χ4n) is 4.01. The number of imidazole rings is 1. The summed E-state index contributed by atoms with van der Waals surface area (Å²) >= 11 is 6.27. The van der Waals surface area contributed by atoms with E-state index in [2.05, 4.69) is 15.3 Å². The van der Waals surface area contributed by atoms with E-state index in [-0.39, 0.29) is 12.7 Å². The van der Waals surface area contributed by atoms with Crippen LogP contribution in [-0.4, -0.2) is 49.6 Å². The van der Waals surface area contributed by atoms with Crippen molar-refractivity contribution < 1.29 is 14.9 Å². The van der Waals surface area contributed by atoms with Crippen LogP contribution >= 0.6 is 11.6 Å². The second-order valence-electron chi connectivity index (χ2n) is 7.28. The van der Waals surface area contributed by atoms with Gasteiger partial charge in [0.1, 0.15) is 16.8 Å². The number of aliphatic hydroxyl groups excluding tert-OH is 2. The standard InChI is InChI=1S/C18H25ClN4O3/c19-15-8-13(21-11-5-3-1-2-4-6-11)16-17(22-15)23(10-20-16)18-14(25)7-12(9-24)26-18/h8,10-12,14,18,24-25H,1-7,9H2,(H,21,22)/t12-,14+,18+/m0/s1. The Labute approximate surface area is 157 Å². The van der Waals surface area contributed by atoms with E-state index in [9.17, 15) is 10.2 Å². The molecule has 3 atom stereocenters. The third-order valence-electron chi connectivity index (χ3n) is 5.36. The topological polar surface area (TPSA) is 92.4 Å². The second-order valence-corrected chi connectivity index (χ2v) is 7.67. The first-order chi connectivity index (χ1) is 12.7. The van der Waals surface area contributed by atoms with E-state index in [0.29, 0.717) is 23.3 Å². The summed E-state index contributed by atoms with van der Waals surface area (Å²) in [6.07, 6.45) is 7.64. The molecular weight excluding hydrogens is 356 g/mol. The largest absolute Gasteiger partial charge is 0.394 e. The van der Waals surface area contributed by atoms with E-state index < -0.39 is 12.3 Å². The van der Waals surface area contributed by atoms with Crippen LogP contribution < -0.4 is 5.32 Å². The molecule has 1 aliphatic carbocycles. The third kappa shape index (κ3) is 3.53. The zero-order valence-electron chi connectivity index (χ0n) is 14.6. The lowest BCUT2D eigenvalue weighted by atomic mass is 10.1. The van der Waals surface area contributed by atoms with Crippen molar-refractivity contribution in [3.63, 3.8) is 0 Å². The van der Waals surface area contributed by atoms with Gasteiger partial charge in [0.05, 0.1) is 24.7 Å². The molecule has 26 heavy (non-hydrogen) atoms. The highest BCUT2D eigenvalue weighted by molar-refractivity contribution is 6.30. The van der Waals surface area contributed by atoms with Gasteiger partial charge in [-0.25, -0.2) is 9.97 Å². The lowest BCUT2D eigenvalue weighted by Gasteiger charge is -2.19. The molecule has 3 N–H and O–H groups in total. The number of nitrogens with one attached hydrogen (secondary N) is 1. The molecule has 0 radical (unpaired) electrons. The van der Waals surface area contributed by atoms with Crippen molar-refractivity contribution in [1.82, 2.24) is 14.5 Å². The minimum atomic E-state index is -0.719. The Morgan fingerprint density at radius 3 is 2.73 bits per heavy atom. The van der Waals surface area contributed by atoms with Gasteiger partial charge in [-0.2, -0.15) is 0 Å². The Kier molecular flexibility index (Phi) is 5.31. The summed E-state index contributed by atoms with van der Waals surface area (Å²) in [4.78, 5) is 8.91. The average Bonchev–Trinajstić information content (AvgIpc) is 3.10. The van der Waals surface area contributed by atoms with Crippen LogP contribution in [0.5, 0.6) is 0 Å². The molecule has 8 heteroatoms. The molecule has 2 fully saturated rings. The number of hydrogen-bond donors (Lipinski definition) is 3. The van der Waals surface area contributed by atoms with Gasteiger partial charge < -0.3 is 20.3 Å². The number of halogens is 1. The molecule has 2 aromatic heterocycles. The molecule has 0 amide bonds. The monoisotopic (exact) mass is 380 g/mol. The van der Waals surface area contributed by atoms with Gasteiger partial charge in [0.2, 0.25) is 0 Å². The molecule has 1 saturated heterocycles. The molecule has 4 rings (SSSR count). The molecule has 1 saturated carbocycles. The fraction of sp³-hybridized carbons (Fsp3) is 0.667. The number of anilines is 1. The summed E-state index contributed by atoms with van der Waals surface area (Å²) in [5.41, 5.74) is 2.18. The average molecular weight is 381 g/mol. The van der Waals surface area contributed by atoms with Crippen LogP contribution in [0, 0.1) is 0 Å². The van der Waals surface area contributed by atoms with Crippen LogP contribution in [-0.2, 0) is 4.74 Å². The third-order valence-corrected chi connectivity index (χ3v) is 5.55. The molecule has 0 bridgehead atoms. The highest BCUT2D eigenvalue weighted by Gasteiger charge is 2.36. The number of nitrogens with zero attached hydrogens (tertiary/aromatic N) is 3. The van der Waals surface area contributed by atoms with Gasteiger partial charge in [0.15, 0.2) is 11.9 Å². The van der Waals surface area contributed by atoms with Gasteiger partial charge in [0.25, 0.3) is 0 Å². The molecule has 3 heterocycles. The number of fused-ring (bicyclic) bond motifs is 1. The Hall–Kier alpha value is -1.41. The van der Waals surface area contributed by atoms with Crippen molar-refractivity contribution in [3.8, 4) is 0 Å². The minimum Gasteiger partial charge on any atom is -0.394 e. The molecule has 142 valence electrons. The molecular formula is C18H25ClN4O3. The minimum absolute atomic E-state index is 0.122. The van der Waals surface area contributed by atoms with Crippen molar-refractivity contribution in [3.05, 3.63) is 17.5 Å². The Balaban J connectivity index is 1.65. The number of rotatable bonds is 4. The fourth-order valence-corrected chi connectivity index (χ4v) is 4.20. The first-order valence-corrected chi connectivity index (χ1v) is 9.77. The summed E-state index contributed by atoms with van der Waals surface area (Å²) in [6.45, 7) is -0.122. The quantitative estimate of drug-likeness (QED) is 0.558. The molecule has 1 aliphatic heterocycles. The van der Waals surface area contributed by atoms with E-state index in [0.717, 1.165) is 24.0 Å². The van der Waals surface area contributed by atoms with Crippen molar-refractivity contribution in [1.29, 1.82) is 0 Å². The summed E-state index contributed by atoms with van der Waals surface area (Å²) in [6, 6.07) is 2.23. The Morgan fingerprint density at radius 1 is 1.27 bits per heavy atom. The zero-order valence-corrected chi connectivity index (χ0v) is 15.4. The number of hydrogen-bond acceptors (Lipinski definition) is 6. The van der Waals surface area contributed by atoms with E-state index >= 15 is 0 Å². The highest BCUT2D eigenvalue weighted by atomic mass is 35.5. The number of pyridine rings is 1.